The van der Waals surface area contributed by atoms with E-state index in [9.17, 15) is 9.59 Å². The molecular formula is C23H27N3O5S2. The lowest BCUT2D eigenvalue weighted by atomic mass is 10.1. The van der Waals surface area contributed by atoms with Crippen LogP contribution in [-0.4, -0.2) is 46.5 Å². The predicted octanol–water partition coefficient (Wildman–Crippen LogP) is 4.91. The third-order valence-corrected chi connectivity index (χ3v) is 7.35. The Morgan fingerprint density at radius 2 is 2.24 bits per heavy atom. The minimum atomic E-state index is -0.494. The van der Waals surface area contributed by atoms with Crippen molar-refractivity contribution < 1.29 is 23.5 Å². The number of esters is 1. The average molecular weight is 490 g/mol. The Balaban J connectivity index is 1.47. The van der Waals surface area contributed by atoms with Crippen LogP contribution in [0.3, 0.4) is 0 Å². The molecule has 3 aromatic heterocycles. The van der Waals surface area contributed by atoms with Crippen LogP contribution >= 0.6 is 23.1 Å². The zero-order valence-electron chi connectivity index (χ0n) is 18.9. The van der Waals surface area contributed by atoms with Gasteiger partial charge in [-0.3, -0.25) is 4.79 Å². The summed E-state index contributed by atoms with van der Waals surface area (Å²) in [5.74, 6) is -0.00406. The van der Waals surface area contributed by atoms with Crippen molar-refractivity contribution in [1.29, 1.82) is 0 Å². The van der Waals surface area contributed by atoms with Gasteiger partial charge in [0.2, 0.25) is 5.91 Å². The number of thioether (sulfide) groups is 1. The van der Waals surface area contributed by atoms with Gasteiger partial charge in [-0.25, -0.2) is 9.78 Å². The quantitative estimate of drug-likeness (QED) is 0.337. The van der Waals surface area contributed by atoms with Crippen molar-refractivity contribution in [3.8, 4) is 11.3 Å². The minimum absolute atomic E-state index is 0.164. The first-order valence-corrected chi connectivity index (χ1v) is 12.7. The molecule has 1 fully saturated rings. The number of rotatable bonds is 9. The lowest BCUT2D eigenvalue weighted by molar-refractivity contribution is -0.113. The molecule has 0 aliphatic carbocycles. The number of hydrogen-bond donors (Lipinski definition) is 1. The molecule has 1 saturated heterocycles. The van der Waals surface area contributed by atoms with Gasteiger partial charge in [-0.05, 0) is 45.7 Å². The summed E-state index contributed by atoms with van der Waals surface area (Å²) < 4.78 is 18.6. The molecule has 1 N–H and O–H groups in total. The van der Waals surface area contributed by atoms with E-state index in [0.29, 0.717) is 21.9 Å². The molecule has 1 aliphatic heterocycles. The van der Waals surface area contributed by atoms with E-state index < -0.39 is 5.97 Å². The zero-order chi connectivity index (χ0) is 23.4. The number of nitrogens with one attached hydrogen (secondary N) is 1. The highest BCUT2D eigenvalue weighted by molar-refractivity contribution is 7.99. The highest BCUT2D eigenvalue weighted by atomic mass is 32.2. The second-order valence-electron chi connectivity index (χ2n) is 7.70. The molecule has 1 atom stereocenters. The van der Waals surface area contributed by atoms with E-state index in [4.69, 9.17) is 13.9 Å². The topological polar surface area (TPSA) is 95.6 Å². The van der Waals surface area contributed by atoms with Crippen molar-refractivity contribution in [2.75, 3.05) is 24.3 Å². The first-order valence-electron chi connectivity index (χ1n) is 10.9. The Bertz CT molecular complexity index is 1110. The third kappa shape index (κ3) is 5.34. The number of aromatic nitrogens is 2. The molecule has 0 radical (unpaired) electrons. The molecule has 8 nitrogen and oxygen atoms in total. The Morgan fingerprint density at radius 1 is 1.39 bits per heavy atom. The fraction of sp³-hybridized carbons (Fsp3) is 0.435. The Hall–Kier alpha value is -2.56. The van der Waals surface area contributed by atoms with E-state index in [0.717, 1.165) is 42.5 Å². The number of anilines is 1. The average Bonchev–Trinajstić information content (AvgIpc) is 3.58. The summed E-state index contributed by atoms with van der Waals surface area (Å²) in [4.78, 5) is 30.1. The van der Waals surface area contributed by atoms with Crippen LogP contribution in [0.2, 0.25) is 0 Å². The van der Waals surface area contributed by atoms with Gasteiger partial charge < -0.3 is 23.8 Å². The summed E-state index contributed by atoms with van der Waals surface area (Å²) in [5.41, 5.74) is 2.94. The van der Waals surface area contributed by atoms with Gasteiger partial charge in [-0.1, -0.05) is 11.8 Å². The van der Waals surface area contributed by atoms with Gasteiger partial charge in [0.15, 0.2) is 5.16 Å². The predicted molar refractivity (Wildman–Crippen MR) is 128 cm³/mol. The molecule has 4 rings (SSSR count). The van der Waals surface area contributed by atoms with E-state index in [1.54, 1.807) is 30.7 Å². The molecule has 1 amide bonds. The summed E-state index contributed by atoms with van der Waals surface area (Å²) in [6.07, 6.45) is 3.84. The van der Waals surface area contributed by atoms with Crippen molar-refractivity contribution in [2.24, 2.45) is 0 Å². The lowest BCUT2D eigenvalue weighted by Gasteiger charge is -2.14. The van der Waals surface area contributed by atoms with Gasteiger partial charge in [0.05, 0.1) is 37.0 Å². The molecule has 0 spiro atoms. The second-order valence-corrected chi connectivity index (χ2v) is 9.52. The van der Waals surface area contributed by atoms with Crippen LogP contribution in [0, 0.1) is 13.8 Å². The molecule has 176 valence electrons. The Morgan fingerprint density at radius 3 is 2.94 bits per heavy atom. The maximum absolute atomic E-state index is 12.8. The van der Waals surface area contributed by atoms with Crippen LogP contribution in [0.4, 0.5) is 5.00 Å². The molecule has 0 saturated carbocycles. The van der Waals surface area contributed by atoms with Gasteiger partial charge >= 0.3 is 5.97 Å². The molecule has 10 heteroatoms. The number of carbonyl (C=O) groups is 2. The molecule has 0 aromatic carbocycles. The fourth-order valence-corrected chi connectivity index (χ4v) is 5.56. The molecule has 0 bridgehead atoms. The normalized spacial score (nSPS) is 15.7. The maximum atomic E-state index is 12.8. The second kappa shape index (κ2) is 10.6. The van der Waals surface area contributed by atoms with E-state index in [-0.39, 0.29) is 24.4 Å². The van der Waals surface area contributed by atoms with Gasteiger partial charge in [-0.15, -0.1) is 11.3 Å². The van der Waals surface area contributed by atoms with Gasteiger partial charge in [0.1, 0.15) is 16.3 Å². The van der Waals surface area contributed by atoms with Crippen LogP contribution < -0.4 is 5.32 Å². The SMILES string of the molecule is CCOC(=O)c1c(-c2ccco2)csc1NC(=O)CSc1nc(C)c(C)n1C[C@H]1CCCO1. The van der Waals surface area contributed by atoms with Crippen molar-refractivity contribution in [2.45, 2.75) is 51.4 Å². The number of hydrogen-bond acceptors (Lipinski definition) is 8. The van der Waals surface area contributed by atoms with E-state index in [1.165, 1.54) is 23.1 Å². The molecule has 0 unspecified atom stereocenters. The summed E-state index contributed by atoms with van der Waals surface area (Å²) in [6.45, 7) is 7.52. The number of imidazole rings is 1. The molecule has 4 heterocycles. The van der Waals surface area contributed by atoms with Gasteiger partial charge in [0.25, 0.3) is 0 Å². The molecular weight excluding hydrogens is 462 g/mol. The van der Waals surface area contributed by atoms with Crippen molar-refractivity contribution in [1.82, 2.24) is 9.55 Å². The number of carbonyl (C=O) groups excluding carboxylic acids is 2. The highest BCUT2D eigenvalue weighted by Gasteiger charge is 2.25. The number of thiophene rings is 1. The molecule has 33 heavy (non-hydrogen) atoms. The van der Waals surface area contributed by atoms with Crippen LogP contribution in [0.25, 0.3) is 11.3 Å². The standard InChI is InChI=1S/C23H27N3O5S2/c1-4-29-22(28)20-17(18-8-6-10-31-18)12-32-21(20)25-19(27)13-33-23-24-14(2)15(3)26(23)11-16-7-5-9-30-16/h6,8,10,12,16H,4-5,7,9,11,13H2,1-3H3,(H,25,27)/t16-/m1/s1. The van der Waals surface area contributed by atoms with Gasteiger partial charge in [0, 0.05) is 23.2 Å². The van der Waals surface area contributed by atoms with Crippen LogP contribution in [0.15, 0.2) is 33.3 Å². The third-order valence-electron chi connectivity index (χ3n) is 5.48. The fourth-order valence-electron chi connectivity index (χ4n) is 3.70. The molecule has 3 aromatic rings. The van der Waals surface area contributed by atoms with Crippen LogP contribution in [0.1, 0.15) is 41.5 Å². The number of furan rings is 1. The summed E-state index contributed by atoms with van der Waals surface area (Å²) in [7, 11) is 0. The summed E-state index contributed by atoms with van der Waals surface area (Å²) in [6, 6.07) is 3.52. The Kier molecular flexibility index (Phi) is 7.56. The number of ether oxygens (including phenoxy) is 2. The number of aryl methyl sites for hydroxylation is 1. The molecule has 1 aliphatic rings. The highest BCUT2D eigenvalue weighted by Crippen LogP contribution is 2.36. The first-order chi connectivity index (χ1) is 16.0. The van der Waals surface area contributed by atoms with Crippen molar-refractivity contribution >= 4 is 40.0 Å². The van der Waals surface area contributed by atoms with E-state index in [1.807, 2.05) is 13.8 Å². The van der Waals surface area contributed by atoms with Crippen LogP contribution in [0.5, 0.6) is 0 Å². The van der Waals surface area contributed by atoms with E-state index in [2.05, 4.69) is 14.9 Å². The van der Waals surface area contributed by atoms with E-state index >= 15 is 0 Å². The number of nitrogens with zero attached hydrogens (tertiary/aromatic N) is 2. The lowest BCUT2D eigenvalue weighted by Crippen LogP contribution is -2.18. The largest absolute Gasteiger partial charge is 0.464 e. The van der Waals surface area contributed by atoms with Gasteiger partial charge in [-0.2, -0.15) is 0 Å². The smallest absolute Gasteiger partial charge is 0.341 e. The first kappa shape index (κ1) is 23.6. The minimum Gasteiger partial charge on any atom is -0.464 e. The monoisotopic (exact) mass is 489 g/mol. The zero-order valence-corrected chi connectivity index (χ0v) is 20.5. The van der Waals surface area contributed by atoms with Crippen molar-refractivity contribution in [3.63, 3.8) is 0 Å². The Labute approximate surface area is 200 Å². The maximum Gasteiger partial charge on any atom is 0.341 e. The summed E-state index contributed by atoms with van der Waals surface area (Å²) in [5, 5.41) is 5.90. The summed E-state index contributed by atoms with van der Waals surface area (Å²) >= 11 is 2.65. The number of amides is 1. The van der Waals surface area contributed by atoms with Crippen molar-refractivity contribution in [3.05, 3.63) is 40.7 Å². The van der Waals surface area contributed by atoms with Crippen LogP contribution in [-0.2, 0) is 20.8 Å².